The van der Waals surface area contributed by atoms with Crippen LogP contribution in [0.1, 0.15) is 31.9 Å². The molecule has 1 aromatic rings. The van der Waals surface area contributed by atoms with Gasteiger partial charge in [-0.05, 0) is 38.8 Å². The Morgan fingerprint density at radius 3 is 3.11 bits per heavy atom. The molecule has 0 saturated heterocycles. The van der Waals surface area contributed by atoms with Crippen LogP contribution < -0.4 is 5.32 Å². The summed E-state index contributed by atoms with van der Waals surface area (Å²) in [7, 11) is 0. The monoisotopic (exact) mass is 267 g/mol. The van der Waals surface area contributed by atoms with Crippen molar-refractivity contribution >= 4 is 11.8 Å². The third-order valence-corrected chi connectivity index (χ3v) is 4.61. The average Bonchev–Trinajstić information content (AvgIpc) is 2.74. The van der Waals surface area contributed by atoms with E-state index >= 15 is 0 Å². The van der Waals surface area contributed by atoms with E-state index in [1.807, 2.05) is 19.2 Å². The molecule has 2 N–H and O–H groups in total. The van der Waals surface area contributed by atoms with Crippen molar-refractivity contribution in [1.82, 2.24) is 15.3 Å². The molecule has 18 heavy (non-hydrogen) atoms. The molecule has 1 aromatic heterocycles. The van der Waals surface area contributed by atoms with Gasteiger partial charge in [-0.15, -0.1) is 0 Å². The Bertz CT molecular complexity index is 402. The first-order chi connectivity index (χ1) is 8.67. The highest BCUT2D eigenvalue weighted by molar-refractivity contribution is 7.99. The number of aliphatic hydroxyl groups excluding tert-OH is 1. The molecule has 4 nitrogen and oxygen atoms in total. The molecule has 1 saturated carbocycles. The largest absolute Gasteiger partial charge is 0.394 e. The zero-order valence-corrected chi connectivity index (χ0v) is 11.8. The summed E-state index contributed by atoms with van der Waals surface area (Å²) >= 11 is 1.74. The van der Waals surface area contributed by atoms with Gasteiger partial charge >= 0.3 is 0 Å². The Kier molecular flexibility index (Phi) is 4.59. The standard InChI is InChI=1S/C13H21N3OS/c1-3-15-13(9-17)6-4-11(8-13)18-12-14-7-5-10(2)16-12/h5,7,11,15,17H,3-4,6,8-9H2,1-2H3. The Morgan fingerprint density at radius 2 is 2.44 bits per heavy atom. The van der Waals surface area contributed by atoms with Crippen LogP contribution in [0, 0.1) is 6.92 Å². The summed E-state index contributed by atoms with van der Waals surface area (Å²) < 4.78 is 0. The molecule has 0 aromatic carbocycles. The Morgan fingerprint density at radius 1 is 1.61 bits per heavy atom. The highest BCUT2D eigenvalue weighted by Gasteiger charge is 2.38. The number of thioether (sulfide) groups is 1. The van der Waals surface area contributed by atoms with Gasteiger partial charge in [-0.3, -0.25) is 0 Å². The fourth-order valence-electron chi connectivity index (χ4n) is 2.54. The molecule has 1 heterocycles. The van der Waals surface area contributed by atoms with Crippen LogP contribution >= 0.6 is 11.8 Å². The summed E-state index contributed by atoms with van der Waals surface area (Å²) in [4.78, 5) is 8.72. The van der Waals surface area contributed by atoms with Crippen molar-refractivity contribution in [2.75, 3.05) is 13.2 Å². The summed E-state index contributed by atoms with van der Waals surface area (Å²) in [5, 5.41) is 14.4. The molecule has 2 rings (SSSR count). The number of hydrogen-bond acceptors (Lipinski definition) is 5. The minimum Gasteiger partial charge on any atom is -0.394 e. The second-order valence-electron chi connectivity index (χ2n) is 4.93. The SMILES string of the molecule is CCNC1(CO)CCC(Sc2nccc(C)n2)C1. The van der Waals surface area contributed by atoms with Crippen molar-refractivity contribution in [2.24, 2.45) is 0 Å². The Hall–Kier alpha value is -0.650. The van der Waals surface area contributed by atoms with Crippen molar-refractivity contribution in [3.63, 3.8) is 0 Å². The number of nitrogens with zero attached hydrogens (tertiary/aromatic N) is 2. The van der Waals surface area contributed by atoms with Gasteiger partial charge in [0, 0.05) is 22.7 Å². The molecule has 5 heteroatoms. The highest BCUT2D eigenvalue weighted by Crippen LogP contribution is 2.38. The summed E-state index contributed by atoms with van der Waals surface area (Å²) in [5.74, 6) is 0. The van der Waals surface area contributed by atoms with Crippen LogP contribution in [0.3, 0.4) is 0 Å². The molecule has 2 atom stereocenters. The minimum atomic E-state index is -0.0871. The van der Waals surface area contributed by atoms with Crippen LogP contribution in [0.4, 0.5) is 0 Å². The van der Waals surface area contributed by atoms with E-state index in [0.29, 0.717) is 5.25 Å². The van der Waals surface area contributed by atoms with Gasteiger partial charge in [0.25, 0.3) is 0 Å². The summed E-state index contributed by atoms with van der Waals surface area (Å²) in [6, 6.07) is 1.91. The molecule has 0 aliphatic heterocycles. The number of rotatable bonds is 5. The zero-order valence-electron chi connectivity index (χ0n) is 11.0. The lowest BCUT2D eigenvalue weighted by Crippen LogP contribution is -2.46. The fourth-order valence-corrected chi connectivity index (χ4v) is 3.80. The van der Waals surface area contributed by atoms with E-state index in [1.165, 1.54) is 0 Å². The van der Waals surface area contributed by atoms with Crippen molar-refractivity contribution in [2.45, 2.75) is 49.1 Å². The van der Waals surface area contributed by atoms with Crippen LogP contribution in [0.25, 0.3) is 0 Å². The molecule has 0 bridgehead atoms. The van der Waals surface area contributed by atoms with E-state index in [9.17, 15) is 5.11 Å². The zero-order chi connectivity index (χ0) is 13.0. The first-order valence-electron chi connectivity index (χ1n) is 6.49. The number of hydrogen-bond donors (Lipinski definition) is 2. The third kappa shape index (κ3) is 3.22. The molecule has 1 aliphatic carbocycles. The molecule has 2 unspecified atom stereocenters. The predicted molar refractivity (Wildman–Crippen MR) is 73.8 cm³/mol. The van der Waals surface area contributed by atoms with Gasteiger partial charge in [0.05, 0.1) is 6.61 Å². The minimum absolute atomic E-state index is 0.0871. The predicted octanol–water partition coefficient (Wildman–Crippen LogP) is 1.77. The number of likely N-dealkylation sites (N-methyl/N-ethyl adjacent to an activating group) is 1. The maximum absolute atomic E-state index is 9.57. The van der Waals surface area contributed by atoms with Gasteiger partial charge in [0.1, 0.15) is 0 Å². The van der Waals surface area contributed by atoms with Crippen LogP contribution in [0.15, 0.2) is 17.4 Å². The van der Waals surface area contributed by atoms with Crippen molar-refractivity contribution < 1.29 is 5.11 Å². The van der Waals surface area contributed by atoms with E-state index in [1.54, 1.807) is 11.8 Å². The highest BCUT2D eigenvalue weighted by atomic mass is 32.2. The smallest absolute Gasteiger partial charge is 0.187 e. The van der Waals surface area contributed by atoms with Crippen LogP contribution in [0.5, 0.6) is 0 Å². The summed E-state index contributed by atoms with van der Waals surface area (Å²) in [5.41, 5.74) is 0.918. The maximum Gasteiger partial charge on any atom is 0.187 e. The first-order valence-corrected chi connectivity index (χ1v) is 7.37. The second kappa shape index (κ2) is 5.99. The fraction of sp³-hybridized carbons (Fsp3) is 0.692. The topological polar surface area (TPSA) is 58.0 Å². The summed E-state index contributed by atoms with van der Waals surface area (Å²) in [6.07, 6.45) is 4.93. The van der Waals surface area contributed by atoms with E-state index in [-0.39, 0.29) is 12.1 Å². The molecule has 0 radical (unpaired) electrons. The second-order valence-corrected chi connectivity index (χ2v) is 6.20. The Labute approximate surface area is 113 Å². The number of aliphatic hydroxyl groups is 1. The van der Waals surface area contributed by atoms with E-state index in [0.717, 1.165) is 36.7 Å². The lowest BCUT2D eigenvalue weighted by molar-refractivity contribution is 0.167. The van der Waals surface area contributed by atoms with E-state index in [4.69, 9.17) is 0 Å². The average molecular weight is 267 g/mol. The van der Waals surface area contributed by atoms with Crippen LogP contribution in [-0.4, -0.2) is 39.0 Å². The number of aromatic nitrogens is 2. The Balaban J connectivity index is 1.96. The van der Waals surface area contributed by atoms with Gasteiger partial charge in [-0.25, -0.2) is 9.97 Å². The molecular formula is C13H21N3OS. The van der Waals surface area contributed by atoms with Gasteiger partial charge in [-0.1, -0.05) is 18.7 Å². The normalized spacial score (nSPS) is 27.6. The molecule has 0 spiro atoms. The van der Waals surface area contributed by atoms with Crippen molar-refractivity contribution in [1.29, 1.82) is 0 Å². The molecule has 100 valence electrons. The lowest BCUT2D eigenvalue weighted by atomic mass is 9.99. The third-order valence-electron chi connectivity index (χ3n) is 3.46. The van der Waals surface area contributed by atoms with E-state index < -0.39 is 0 Å². The van der Waals surface area contributed by atoms with Crippen molar-refractivity contribution in [3.05, 3.63) is 18.0 Å². The van der Waals surface area contributed by atoms with Crippen molar-refractivity contribution in [3.8, 4) is 0 Å². The first kappa shape index (κ1) is 13.8. The van der Waals surface area contributed by atoms with Gasteiger partial charge in [-0.2, -0.15) is 0 Å². The van der Waals surface area contributed by atoms with Crippen LogP contribution in [0.2, 0.25) is 0 Å². The van der Waals surface area contributed by atoms with E-state index in [2.05, 4.69) is 22.2 Å². The molecule has 1 fully saturated rings. The van der Waals surface area contributed by atoms with Gasteiger partial charge in [0.2, 0.25) is 0 Å². The van der Waals surface area contributed by atoms with Gasteiger partial charge < -0.3 is 10.4 Å². The number of aryl methyl sites for hydroxylation is 1. The maximum atomic E-state index is 9.57. The quantitative estimate of drug-likeness (QED) is 0.796. The summed E-state index contributed by atoms with van der Waals surface area (Å²) in [6.45, 7) is 5.18. The van der Waals surface area contributed by atoms with Gasteiger partial charge in [0.15, 0.2) is 5.16 Å². The molecule has 1 aliphatic rings. The molecule has 0 amide bonds. The number of nitrogens with one attached hydrogen (secondary N) is 1. The van der Waals surface area contributed by atoms with Crippen LogP contribution in [-0.2, 0) is 0 Å². The lowest BCUT2D eigenvalue weighted by Gasteiger charge is -2.27. The molecular weight excluding hydrogens is 246 g/mol.